The van der Waals surface area contributed by atoms with Gasteiger partial charge >= 0.3 is 0 Å². The van der Waals surface area contributed by atoms with Crippen molar-refractivity contribution in [1.29, 1.82) is 0 Å². The van der Waals surface area contributed by atoms with Gasteiger partial charge in [0.2, 0.25) is 5.91 Å². The lowest BCUT2D eigenvalue weighted by Crippen LogP contribution is -2.45. The third-order valence-electron chi connectivity index (χ3n) is 5.96. The molecule has 0 radical (unpaired) electrons. The van der Waals surface area contributed by atoms with Crippen LogP contribution in [0.3, 0.4) is 0 Å². The Kier molecular flexibility index (Phi) is 5.55. The predicted octanol–water partition coefficient (Wildman–Crippen LogP) is 3.23. The summed E-state index contributed by atoms with van der Waals surface area (Å²) in [6.45, 7) is 8.70. The van der Waals surface area contributed by atoms with Gasteiger partial charge in [0.15, 0.2) is 0 Å². The topological polar surface area (TPSA) is 49.3 Å². The largest absolute Gasteiger partial charge is 0.340 e. The zero-order chi connectivity index (χ0) is 18.8. The standard InChI is InChI=1S/C21H28N4OS/c1-15-8-16(2)10-24(9-15)13-21(26)25-11-18(17-6-4-3-5-7-17)19(12-25)20-14-27-23-22-20/h3-7,14-16,18-19H,8-13H2,1-2H3/t15-,16-,18-,19+/m0/s1. The second kappa shape index (κ2) is 8.07. The Balaban J connectivity index is 1.48. The number of benzene rings is 1. The lowest BCUT2D eigenvalue weighted by Gasteiger charge is -2.35. The van der Waals surface area contributed by atoms with Gasteiger partial charge in [-0.15, -0.1) is 5.10 Å². The number of amides is 1. The van der Waals surface area contributed by atoms with E-state index in [4.69, 9.17) is 0 Å². The number of piperidine rings is 1. The molecule has 2 aliphatic rings. The Bertz CT molecular complexity index is 741. The first-order chi connectivity index (χ1) is 13.1. The minimum absolute atomic E-state index is 0.231. The van der Waals surface area contributed by atoms with Crippen LogP contribution in [0, 0.1) is 11.8 Å². The smallest absolute Gasteiger partial charge is 0.236 e. The Morgan fingerprint density at radius 3 is 2.44 bits per heavy atom. The van der Waals surface area contributed by atoms with Crippen molar-refractivity contribution >= 4 is 17.4 Å². The first-order valence-corrected chi connectivity index (χ1v) is 10.8. The number of hydrogen-bond acceptors (Lipinski definition) is 5. The van der Waals surface area contributed by atoms with Crippen molar-refractivity contribution in [3.8, 4) is 0 Å². The van der Waals surface area contributed by atoms with Gasteiger partial charge in [-0.05, 0) is 35.4 Å². The molecule has 5 nitrogen and oxygen atoms in total. The Morgan fingerprint density at radius 1 is 1.07 bits per heavy atom. The number of carbonyl (C=O) groups excluding carboxylic acids is 1. The number of hydrogen-bond donors (Lipinski definition) is 0. The molecule has 1 aromatic carbocycles. The van der Waals surface area contributed by atoms with E-state index in [0.29, 0.717) is 24.3 Å². The van der Waals surface area contributed by atoms with Gasteiger partial charge in [0.25, 0.3) is 0 Å². The second-order valence-corrected chi connectivity index (χ2v) is 9.00. The lowest BCUT2D eigenvalue weighted by molar-refractivity contribution is -0.132. The molecule has 144 valence electrons. The van der Waals surface area contributed by atoms with Crippen molar-refractivity contribution in [3.63, 3.8) is 0 Å². The average molecular weight is 385 g/mol. The minimum Gasteiger partial charge on any atom is -0.340 e. The molecule has 0 unspecified atom stereocenters. The second-order valence-electron chi connectivity index (χ2n) is 8.39. The Labute approximate surface area is 165 Å². The molecular weight excluding hydrogens is 356 g/mol. The fourth-order valence-corrected chi connectivity index (χ4v) is 5.41. The molecule has 2 fully saturated rings. The molecule has 2 saturated heterocycles. The minimum atomic E-state index is 0.231. The first-order valence-electron chi connectivity index (χ1n) is 9.92. The molecule has 0 saturated carbocycles. The van der Waals surface area contributed by atoms with Gasteiger partial charge in [-0.25, -0.2) is 0 Å². The van der Waals surface area contributed by atoms with E-state index in [-0.39, 0.29) is 11.8 Å². The molecule has 0 aliphatic carbocycles. The van der Waals surface area contributed by atoms with Crippen molar-refractivity contribution in [2.24, 2.45) is 11.8 Å². The van der Waals surface area contributed by atoms with Crippen LogP contribution in [-0.2, 0) is 4.79 Å². The maximum absolute atomic E-state index is 13.1. The van der Waals surface area contributed by atoms with Crippen molar-refractivity contribution < 1.29 is 4.79 Å². The van der Waals surface area contributed by atoms with Gasteiger partial charge in [0.05, 0.1) is 12.2 Å². The van der Waals surface area contributed by atoms with Crippen LogP contribution in [0.5, 0.6) is 0 Å². The molecule has 1 aromatic heterocycles. The Morgan fingerprint density at radius 2 is 1.78 bits per heavy atom. The van der Waals surface area contributed by atoms with Crippen LogP contribution in [-0.4, -0.2) is 58.0 Å². The van der Waals surface area contributed by atoms with Crippen LogP contribution in [0.15, 0.2) is 35.7 Å². The predicted molar refractivity (Wildman–Crippen MR) is 108 cm³/mol. The van der Waals surface area contributed by atoms with E-state index in [1.54, 1.807) is 0 Å². The summed E-state index contributed by atoms with van der Waals surface area (Å²) >= 11 is 1.39. The summed E-state index contributed by atoms with van der Waals surface area (Å²) in [6.07, 6.45) is 1.27. The maximum Gasteiger partial charge on any atom is 0.236 e. The molecule has 2 aliphatic heterocycles. The fourth-order valence-electron chi connectivity index (χ4n) is 4.89. The Hall–Kier alpha value is -1.79. The van der Waals surface area contributed by atoms with Crippen LogP contribution in [0.25, 0.3) is 0 Å². The average Bonchev–Trinajstić information content (AvgIpc) is 3.31. The first kappa shape index (κ1) is 18.6. The molecule has 0 spiro atoms. The normalized spacial score (nSPS) is 29.2. The van der Waals surface area contributed by atoms with E-state index < -0.39 is 0 Å². The van der Waals surface area contributed by atoms with Crippen LogP contribution < -0.4 is 0 Å². The molecule has 1 amide bonds. The highest BCUT2D eigenvalue weighted by atomic mass is 32.1. The summed E-state index contributed by atoms with van der Waals surface area (Å²) in [5.41, 5.74) is 2.30. The van der Waals surface area contributed by atoms with Crippen molar-refractivity contribution in [2.45, 2.75) is 32.1 Å². The van der Waals surface area contributed by atoms with Gasteiger partial charge in [-0.3, -0.25) is 9.69 Å². The van der Waals surface area contributed by atoms with Crippen LogP contribution >= 0.6 is 11.5 Å². The van der Waals surface area contributed by atoms with E-state index in [9.17, 15) is 4.79 Å². The van der Waals surface area contributed by atoms with E-state index in [2.05, 4.69) is 52.6 Å². The number of aromatic nitrogens is 2. The highest BCUT2D eigenvalue weighted by Gasteiger charge is 2.38. The zero-order valence-corrected chi connectivity index (χ0v) is 16.9. The molecular formula is C21H28N4OS. The van der Waals surface area contributed by atoms with Crippen molar-refractivity contribution in [3.05, 3.63) is 47.0 Å². The van der Waals surface area contributed by atoms with Crippen LogP contribution in [0.2, 0.25) is 0 Å². The molecule has 2 aromatic rings. The zero-order valence-electron chi connectivity index (χ0n) is 16.1. The number of carbonyl (C=O) groups is 1. The van der Waals surface area contributed by atoms with Crippen molar-refractivity contribution in [1.82, 2.24) is 19.4 Å². The lowest BCUT2D eigenvalue weighted by atomic mass is 9.87. The van der Waals surface area contributed by atoms with E-state index in [1.807, 2.05) is 16.3 Å². The SMILES string of the molecule is C[C@H]1C[C@H](C)CN(CC(=O)N2C[C@@H](c3ccccc3)[C@H](c3csnn3)C2)C1. The third-order valence-corrected chi connectivity index (χ3v) is 6.48. The molecule has 0 N–H and O–H groups in total. The molecule has 27 heavy (non-hydrogen) atoms. The van der Waals surface area contributed by atoms with Gasteiger partial charge in [0, 0.05) is 43.4 Å². The van der Waals surface area contributed by atoms with E-state index in [0.717, 1.165) is 31.9 Å². The number of nitrogens with zero attached hydrogens (tertiary/aromatic N) is 4. The molecule has 6 heteroatoms. The quantitative estimate of drug-likeness (QED) is 0.812. The number of rotatable bonds is 4. The summed E-state index contributed by atoms with van der Waals surface area (Å²) < 4.78 is 4.06. The summed E-state index contributed by atoms with van der Waals surface area (Å²) in [5.74, 6) is 2.12. The van der Waals surface area contributed by atoms with Gasteiger partial charge in [-0.1, -0.05) is 48.7 Å². The summed E-state index contributed by atoms with van der Waals surface area (Å²) in [5, 5.41) is 6.35. The van der Waals surface area contributed by atoms with E-state index in [1.165, 1.54) is 23.5 Å². The fraction of sp³-hybridized carbons (Fsp3) is 0.571. The van der Waals surface area contributed by atoms with Gasteiger partial charge < -0.3 is 4.90 Å². The highest BCUT2D eigenvalue weighted by Crippen LogP contribution is 2.39. The number of likely N-dealkylation sites (tertiary alicyclic amines) is 2. The maximum atomic E-state index is 13.1. The van der Waals surface area contributed by atoms with Crippen LogP contribution in [0.4, 0.5) is 0 Å². The molecule has 4 atom stereocenters. The monoisotopic (exact) mass is 384 g/mol. The molecule has 3 heterocycles. The summed E-state index contributed by atoms with van der Waals surface area (Å²) in [6, 6.07) is 10.5. The summed E-state index contributed by atoms with van der Waals surface area (Å²) in [7, 11) is 0. The molecule has 0 bridgehead atoms. The highest BCUT2D eigenvalue weighted by molar-refractivity contribution is 7.03. The van der Waals surface area contributed by atoms with Gasteiger partial charge in [-0.2, -0.15) is 0 Å². The van der Waals surface area contributed by atoms with Crippen molar-refractivity contribution in [2.75, 3.05) is 32.7 Å². The van der Waals surface area contributed by atoms with Crippen LogP contribution in [0.1, 0.15) is 43.4 Å². The van der Waals surface area contributed by atoms with E-state index >= 15 is 0 Å². The molecule has 4 rings (SSSR count). The summed E-state index contributed by atoms with van der Waals surface area (Å²) in [4.78, 5) is 17.5. The third kappa shape index (κ3) is 4.22. The van der Waals surface area contributed by atoms with Gasteiger partial charge in [0.1, 0.15) is 0 Å².